The summed E-state index contributed by atoms with van der Waals surface area (Å²) in [6.45, 7) is 8.67. The Hall–Kier alpha value is -1.53. The van der Waals surface area contributed by atoms with E-state index >= 15 is 0 Å². The van der Waals surface area contributed by atoms with E-state index in [0.29, 0.717) is 6.61 Å². The third-order valence-electron chi connectivity index (χ3n) is 3.17. The molecule has 0 aromatic heterocycles. The first-order valence-corrected chi connectivity index (χ1v) is 7.41. The highest BCUT2D eigenvalue weighted by Crippen LogP contribution is 2.21. The zero-order chi connectivity index (χ0) is 14.8. The number of ether oxygens (including phenoxy) is 1. The van der Waals surface area contributed by atoms with Crippen LogP contribution in [0.1, 0.15) is 45.6 Å². The van der Waals surface area contributed by atoms with E-state index in [2.05, 4.69) is 30.4 Å². The van der Waals surface area contributed by atoms with Gasteiger partial charge in [0.2, 0.25) is 0 Å². The predicted octanol–water partition coefficient (Wildman–Crippen LogP) is 3.89. The van der Waals surface area contributed by atoms with Gasteiger partial charge in [0.25, 0.3) is 0 Å². The van der Waals surface area contributed by atoms with Gasteiger partial charge < -0.3 is 10.1 Å². The molecule has 3 nitrogen and oxygen atoms in total. The lowest BCUT2D eigenvalue weighted by atomic mass is 9.90. The monoisotopic (exact) mass is 274 g/mol. The summed E-state index contributed by atoms with van der Waals surface area (Å²) in [4.78, 5) is 0. The van der Waals surface area contributed by atoms with Gasteiger partial charge in [-0.05, 0) is 57.4 Å². The SMILES string of the molecule is CCCNCc1cccc(OCCCC(C)(C)C#N)c1. The molecule has 0 aliphatic rings. The Morgan fingerprint density at radius 3 is 2.85 bits per heavy atom. The van der Waals surface area contributed by atoms with Gasteiger partial charge in [0, 0.05) is 6.54 Å². The maximum Gasteiger partial charge on any atom is 0.119 e. The molecule has 0 saturated carbocycles. The lowest BCUT2D eigenvalue weighted by Crippen LogP contribution is -2.13. The summed E-state index contributed by atoms with van der Waals surface area (Å²) >= 11 is 0. The van der Waals surface area contributed by atoms with E-state index in [0.717, 1.165) is 38.1 Å². The van der Waals surface area contributed by atoms with Gasteiger partial charge in [-0.1, -0.05) is 19.1 Å². The summed E-state index contributed by atoms with van der Waals surface area (Å²) in [7, 11) is 0. The zero-order valence-electron chi connectivity index (χ0n) is 12.9. The molecule has 1 aromatic rings. The molecule has 0 aliphatic carbocycles. The van der Waals surface area contributed by atoms with E-state index in [4.69, 9.17) is 10.00 Å². The highest BCUT2D eigenvalue weighted by Gasteiger charge is 2.15. The molecular formula is C17H26N2O. The third kappa shape index (κ3) is 6.58. The minimum atomic E-state index is -0.255. The van der Waals surface area contributed by atoms with Crippen molar-refractivity contribution < 1.29 is 4.74 Å². The van der Waals surface area contributed by atoms with E-state index in [1.165, 1.54) is 5.56 Å². The first-order chi connectivity index (χ1) is 9.57. The fraction of sp³-hybridized carbons (Fsp3) is 0.588. The first kappa shape index (κ1) is 16.5. The van der Waals surface area contributed by atoms with Crippen LogP contribution in [-0.2, 0) is 6.54 Å². The maximum atomic E-state index is 8.95. The topological polar surface area (TPSA) is 45.0 Å². The van der Waals surface area contributed by atoms with Crippen LogP contribution in [0.3, 0.4) is 0 Å². The van der Waals surface area contributed by atoms with Gasteiger partial charge in [-0.3, -0.25) is 0 Å². The fourth-order valence-electron chi connectivity index (χ4n) is 1.91. The summed E-state index contributed by atoms with van der Waals surface area (Å²) in [5.41, 5.74) is 0.989. The Labute approximate surface area is 123 Å². The molecule has 0 atom stereocenters. The molecule has 0 amide bonds. The van der Waals surface area contributed by atoms with Crippen LogP contribution in [-0.4, -0.2) is 13.2 Å². The molecule has 0 bridgehead atoms. The van der Waals surface area contributed by atoms with Crippen LogP contribution < -0.4 is 10.1 Å². The van der Waals surface area contributed by atoms with Crippen molar-refractivity contribution in [1.29, 1.82) is 5.26 Å². The second kappa shape index (κ2) is 8.60. The van der Waals surface area contributed by atoms with Crippen molar-refractivity contribution in [3.63, 3.8) is 0 Å². The Bertz CT molecular complexity index is 435. The Kier molecular flexibility index (Phi) is 7.11. The number of nitrogens with one attached hydrogen (secondary N) is 1. The van der Waals surface area contributed by atoms with Crippen LogP contribution in [0.15, 0.2) is 24.3 Å². The summed E-state index contributed by atoms with van der Waals surface area (Å²) < 4.78 is 5.76. The molecule has 0 unspecified atom stereocenters. The predicted molar refractivity (Wildman–Crippen MR) is 82.6 cm³/mol. The van der Waals surface area contributed by atoms with Crippen molar-refractivity contribution in [2.24, 2.45) is 5.41 Å². The number of benzene rings is 1. The molecule has 0 fully saturated rings. The molecule has 0 heterocycles. The van der Waals surface area contributed by atoms with Gasteiger partial charge in [0.05, 0.1) is 18.1 Å². The second-order valence-corrected chi connectivity index (χ2v) is 5.77. The second-order valence-electron chi connectivity index (χ2n) is 5.77. The lowest BCUT2D eigenvalue weighted by Gasteiger charge is -2.15. The van der Waals surface area contributed by atoms with E-state index in [1.807, 2.05) is 26.0 Å². The summed E-state index contributed by atoms with van der Waals surface area (Å²) in [5.74, 6) is 0.913. The Morgan fingerprint density at radius 2 is 2.15 bits per heavy atom. The van der Waals surface area contributed by atoms with Gasteiger partial charge in [-0.15, -0.1) is 0 Å². The Morgan fingerprint density at radius 1 is 1.35 bits per heavy atom. The minimum Gasteiger partial charge on any atom is -0.494 e. The van der Waals surface area contributed by atoms with Crippen molar-refractivity contribution in [1.82, 2.24) is 5.32 Å². The van der Waals surface area contributed by atoms with Gasteiger partial charge in [0.1, 0.15) is 5.75 Å². The smallest absolute Gasteiger partial charge is 0.119 e. The Balaban J connectivity index is 2.33. The molecule has 3 heteroatoms. The highest BCUT2D eigenvalue weighted by atomic mass is 16.5. The van der Waals surface area contributed by atoms with Crippen molar-refractivity contribution in [2.45, 2.75) is 46.6 Å². The molecule has 0 saturated heterocycles. The quantitative estimate of drug-likeness (QED) is 0.695. The normalized spacial score (nSPS) is 11.1. The van der Waals surface area contributed by atoms with Crippen LogP contribution in [0.2, 0.25) is 0 Å². The van der Waals surface area contributed by atoms with Crippen LogP contribution in [0, 0.1) is 16.7 Å². The molecule has 1 N–H and O–H groups in total. The van der Waals surface area contributed by atoms with Crippen LogP contribution in [0.25, 0.3) is 0 Å². The molecule has 0 spiro atoms. The lowest BCUT2D eigenvalue weighted by molar-refractivity contribution is 0.284. The summed E-state index contributed by atoms with van der Waals surface area (Å²) in [6.07, 6.45) is 2.91. The van der Waals surface area contributed by atoms with Crippen LogP contribution in [0.5, 0.6) is 5.75 Å². The van der Waals surface area contributed by atoms with Crippen molar-refractivity contribution >= 4 is 0 Å². The van der Waals surface area contributed by atoms with Crippen LogP contribution >= 0.6 is 0 Å². The third-order valence-corrected chi connectivity index (χ3v) is 3.17. The molecule has 0 aliphatic heterocycles. The molecule has 110 valence electrons. The van der Waals surface area contributed by atoms with Gasteiger partial charge in [-0.2, -0.15) is 5.26 Å². The number of rotatable bonds is 9. The summed E-state index contributed by atoms with van der Waals surface area (Å²) in [6, 6.07) is 10.5. The van der Waals surface area contributed by atoms with Gasteiger partial charge >= 0.3 is 0 Å². The minimum absolute atomic E-state index is 0.255. The molecule has 20 heavy (non-hydrogen) atoms. The largest absolute Gasteiger partial charge is 0.494 e. The first-order valence-electron chi connectivity index (χ1n) is 7.41. The molecule has 1 aromatic carbocycles. The number of hydrogen-bond donors (Lipinski definition) is 1. The molecule has 1 rings (SSSR count). The average molecular weight is 274 g/mol. The number of hydrogen-bond acceptors (Lipinski definition) is 3. The zero-order valence-corrected chi connectivity index (χ0v) is 12.9. The highest BCUT2D eigenvalue weighted by molar-refractivity contribution is 5.28. The number of nitriles is 1. The van der Waals surface area contributed by atoms with E-state index in [1.54, 1.807) is 0 Å². The average Bonchev–Trinajstić information content (AvgIpc) is 2.45. The van der Waals surface area contributed by atoms with E-state index in [9.17, 15) is 0 Å². The molecule has 0 radical (unpaired) electrons. The van der Waals surface area contributed by atoms with Crippen LogP contribution in [0.4, 0.5) is 0 Å². The number of nitrogens with zero attached hydrogens (tertiary/aromatic N) is 1. The van der Waals surface area contributed by atoms with E-state index in [-0.39, 0.29) is 5.41 Å². The van der Waals surface area contributed by atoms with Gasteiger partial charge in [0.15, 0.2) is 0 Å². The van der Waals surface area contributed by atoms with Crippen molar-refractivity contribution in [3.05, 3.63) is 29.8 Å². The van der Waals surface area contributed by atoms with E-state index < -0.39 is 0 Å². The summed E-state index contributed by atoms with van der Waals surface area (Å²) in [5, 5.41) is 12.3. The standard InChI is InChI=1S/C17H26N2O/c1-4-10-19-13-15-7-5-8-16(12-15)20-11-6-9-17(2,3)14-18/h5,7-8,12,19H,4,6,9-11,13H2,1-3H3. The molecular weight excluding hydrogens is 248 g/mol. The fourth-order valence-corrected chi connectivity index (χ4v) is 1.91. The van der Waals surface area contributed by atoms with Gasteiger partial charge in [-0.25, -0.2) is 0 Å². The van der Waals surface area contributed by atoms with Crippen molar-refractivity contribution in [3.8, 4) is 11.8 Å². The van der Waals surface area contributed by atoms with Crippen molar-refractivity contribution in [2.75, 3.05) is 13.2 Å². The maximum absolute atomic E-state index is 8.95.